The van der Waals surface area contributed by atoms with Crippen molar-refractivity contribution in [1.82, 2.24) is 0 Å². The lowest BCUT2D eigenvalue weighted by atomic mass is 9.88. The zero-order valence-corrected chi connectivity index (χ0v) is 7.80. The standard InChI is InChI=1S/C10H19N/c1-5-6-7-10(11)9(4)8(2)3/h1,8-10H,6-7,11H2,2-4H3. The highest BCUT2D eigenvalue weighted by atomic mass is 14.6. The largest absolute Gasteiger partial charge is 0.327 e. The van der Waals surface area contributed by atoms with Crippen LogP contribution in [0, 0.1) is 24.2 Å². The van der Waals surface area contributed by atoms with Crippen LogP contribution in [0.1, 0.15) is 33.6 Å². The summed E-state index contributed by atoms with van der Waals surface area (Å²) in [7, 11) is 0. The summed E-state index contributed by atoms with van der Waals surface area (Å²) in [6.07, 6.45) is 6.91. The Kier molecular flexibility index (Phi) is 4.98. The van der Waals surface area contributed by atoms with Gasteiger partial charge in [-0.25, -0.2) is 0 Å². The third-order valence-corrected chi connectivity index (χ3v) is 2.35. The van der Waals surface area contributed by atoms with Crippen LogP contribution in [-0.4, -0.2) is 6.04 Å². The Bertz CT molecular complexity index is 132. The average Bonchev–Trinajstić information content (AvgIpc) is 1.98. The minimum absolute atomic E-state index is 0.269. The molecule has 2 unspecified atom stereocenters. The van der Waals surface area contributed by atoms with Crippen molar-refractivity contribution in [3.05, 3.63) is 0 Å². The number of terminal acetylenes is 1. The van der Waals surface area contributed by atoms with Crippen molar-refractivity contribution in [2.24, 2.45) is 17.6 Å². The Morgan fingerprint density at radius 3 is 2.27 bits per heavy atom. The molecule has 11 heavy (non-hydrogen) atoms. The maximum atomic E-state index is 5.91. The molecule has 1 nitrogen and oxygen atoms in total. The highest BCUT2D eigenvalue weighted by Crippen LogP contribution is 2.15. The van der Waals surface area contributed by atoms with Crippen LogP contribution in [0.15, 0.2) is 0 Å². The van der Waals surface area contributed by atoms with E-state index in [1.807, 2.05) is 0 Å². The van der Waals surface area contributed by atoms with E-state index in [0.717, 1.165) is 12.8 Å². The normalized spacial score (nSPS) is 16.0. The zero-order chi connectivity index (χ0) is 8.85. The van der Waals surface area contributed by atoms with Gasteiger partial charge in [0.15, 0.2) is 0 Å². The first kappa shape index (κ1) is 10.5. The lowest BCUT2D eigenvalue weighted by Gasteiger charge is -2.22. The quantitative estimate of drug-likeness (QED) is 0.614. The number of hydrogen-bond acceptors (Lipinski definition) is 1. The second-order valence-electron chi connectivity index (χ2n) is 3.51. The summed E-state index contributed by atoms with van der Waals surface area (Å²) in [6, 6.07) is 0.269. The minimum Gasteiger partial charge on any atom is -0.327 e. The molecule has 64 valence electrons. The Labute approximate surface area is 70.4 Å². The monoisotopic (exact) mass is 153 g/mol. The summed E-state index contributed by atoms with van der Waals surface area (Å²) >= 11 is 0. The molecule has 2 atom stereocenters. The van der Waals surface area contributed by atoms with Crippen molar-refractivity contribution in [3.63, 3.8) is 0 Å². The molecule has 0 radical (unpaired) electrons. The summed E-state index contributed by atoms with van der Waals surface area (Å²) in [6.45, 7) is 6.58. The molecule has 0 aliphatic rings. The molecule has 0 bridgehead atoms. The van der Waals surface area contributed by atoms with Crippen molar-refractivity contribution in [2.45, 2.75) is 39.7 Å². The van der Waals surface area contributed by atoms with Gasteiger partial charge >= 0.3 is 0 Å². The van der Waals surface area contributed by atoms with E-state index in [9.17, 15) is 0 Å². The van der Waals surface area contributed by atoms with Crippen molar-refractivity contribution in [2.75, 3.05) is 0 Å². The van der Waals surface area contributed by atoms with Gasteiger partial charge in [0.25, 0.3) is 0 Å². The summed E-state index contributed by atoms with van der Waals surface area (Å²) in [5, 5.41) is 0. The molecular weight excluding hydrogens is 134 g/mol. The number of hydrogen-bond donors (Lipinski definition) is 1. The van der Waals surface area contributed by atoms with Gasteiger partial charge in [0.2, 0.25) is 0 Å². The molecule has 0 spiro atoms. The zero-order valence-electron chi connectivity index (χ0n) is 7.80. The molecule has 1 heteroatoms. The molecule has 2 N–H and O–H groups in total. The Hall–Kier alpha value is -0.480. The lowest BCUT2D eigenvalue weighted by molar-refractivity contribution is 0.335. The summed E-state index contributed by atoms with van der Waals surface area (Å²) in [5.41, 5.74) is 5.91. The summed E-state index contributed by atoms with van der Waals surface area (Å²) in [5.74, 6) is 3.84. The predicted octanol–water partition coefficient (Wildman–Crippen LogP) is 2.02. The lowest BCUT2D eigenvalue weighted by Crippen LogP contribution is -2.31. The topological polar surface area (TPSA) is 26.0 Å². The fourth-order valence-corrected chi connectivity index (χ4v) is 1.01. The maximum absolute atomic E-state index is 5.91. The molecule has 0 aromatic rings. The van der Waals surface area contributed by atoms with E-state index in [1.54, 1.807) is 0 Å². The molecule has 0 saturated heterocycles. The first-order chi connectivity index (χ1) is 5.09. The second kappa shape index (κ2) is 5.21. The van der Waals surface area contributed by atoms with E-state index in [0.29, 0.717) is 11.8 Å². The molecule has 0 amide bonds. The van der Waals surface area contributed by atoms with Crippen LogP contribution >= 0.6 is 0 Å². The van der Waals surface area contributed by atoms with Gasteiger partial charge in [-0.05, 0) is 18.3 Å². The first-order valence-electron chi connectivity index (χ1n) is 4.28. The van der Waals surface area contributed by atoms with E-state index in [-0.39, 0.29) is 6.04 Å². The molecule has 0 rings (SSSR count). The van der Waals surface area contributed by atoms with Crippen LogP contribution in [0.25, 0.3) is 0 Å². The molecule has 0 heterocycles. The molecule has 0 saturated carbocycles. The predicted molar refractivity (Wildman–Crippen MR) is 50.0 cm³/mol. The molecule has 0 aromatic heterocycles. The van der Waals surface area contributed by atoms with Gasteiger partial charge in [0, 0.05) is 12.5 Å². The molecule has 0 aliphatic heterocycles. The SMILES string of the molecule is C#CCCC(N)C(C)C(C)C. The van der Waals surface area contributed by atoms with Crippen molar-refractivity contribution in [3.8, 4) is 12.3 Å². The maximum Gasteiger partial charge on any atom is 0.0101 e. The molecule has 0 aliphatic carbocycles. The van der Waals surface area contributed by atoms with Crippen molar-refractivity contribution < 1.29 is 0 Å². The number of rotatable bonds is 4. The van der Waals surface area contributed by atoms with E-state index >= 15 is 0 Å². The smallest absolute Gasteiger partial charge is 0.0101 e. The van der Waals surface area contributed by atoms with Gasteiger partial charge in [-0.2, -0.15) is 0 Å². The van der Waals surface area contributed by atoms with Gasteiger partial charge < -0.3 is 5.73 Å². The first-order valence-corrected chi connectivity index (χ1v) is 4.28. The molecule has 0 aromatic carbocycles. The van der Waals surface area contributed by atoms with Crippen LogP contribution in [-0.2, 0) is 0 Å². The highest BCUT2D eigenvalue weighted by Gasteiger charge is 2.14. The Balaban J connectivity index is 3.65. The Morgan fingerprint density at radius 1 is 1.36 bits per heavy atom. The fourth-order valence-electron chi connectivity index (χ4n) is 1.01. The van der Waals surface area contributed by atoms with Crippen LogP contribution in [0.4, 0.5) is 0 Å². The minimum atomic E-state index is 0.269. The van der Waals surface area contributed by atoms with Gasteiger partial charge in [-0.1, -0.05) is 20.8 Å². The van der Waals surface area contributed by atoms with E-state index in [2.05, 4.69) is 26.7 Å². The Morgan fingerprint density at radius 2 is 1.91 bits per heavy atom. The highest BCUT2D eigenvalue weighted by molar-refractivity contribution is 4.86. The molecular formula is C10H19N. The van der Waals surface area contributed by atoms with Gasteiger partial charge in [0.1, 0.15) is 0 Å². The summed E-state index contributed by atoms with van der Waals surface area (Å²) < 4.78 is 0. The molecule has 0 fully saturated rings. The fraction of sp³-hybridized carbons (Fsp3) is 0.800. The van der Waals surface area contributed by atoms with Gasteiger partial charge in [-0.15, -0.1) is 12.3 Å². The summed E-state index contributed by atoms with van der Waals surface area (Å²) in [4.78, 5) is 0. The third kappa shape index (κ3) is 4.06. The van der Waals surface area contributed by atoms with Crippen LogP contribution in [0.3, 0.4) is 0 Å². The van der Waals surface area contributed by atoms with Crippen LogP contribution in [0.2, 0.25) is 0 Å². The number of nitrogens with two attached hydrogens (primary N) is 1. The van der Waals surface area contributed by atoms with E-state index in [1.165, 1.54) is 0 Å². The average molecular weight is 153 g/mol. The second-order valence-corrected chi connectivity index (χ2v) is 3.51. The van der Waals surface area contributed by atoms with E-state index < -0.39 is 0 Å². The third-order valence-electron chi connectivity index (χ3n) is 2.35. The van der Waals surface area contributed by atoms with Crippen LogP contribution < -0.4 is 5.73 Å². The van der Waals surface area contributed by atoms with E-state index in [4.69, 9.17) is 12.2 Å². The van der Waals surface area contributed by atoms with Gasteiger partial charge in [0.05, 0.1) is 0 Å². The van der Waals surface area contributed by atoms with Crippen molar-refractivity contribution in [1.29, 1.82) is 0 Å². The van der Waals surface area contributed by atoms with Gasteiger partial charge in [-0.3, -0.25) is 0 Å². The van der Waals surface area contributed by atoms with Crippen LogP contribution in [0.5, 0.6) is 0 Å². The van der Waals surface area contributed by atoms with Crippen molar-refractivity contribution >= 4 is 0 Å².